The first-order chi connectivity index (χ1) is 7.50. The summed E-state index contributed by atoms with van der Waals surface area (Å²) in [6.07, 6.45) is 0. The fourth-order valence-electron chi connectivity index (χ4n) is 1.72. The lowest BCUT2D eigenvalue weighted by Crippen LogP contribution is -2.20. The van der Waals surface area contributed by atoms with Crippen molar-refractivity contribution in [2.24, 2.45) is 5.73 Å². The Morgan fingerprint density at radius 1 is 1.56 bits per heavy atom. The van der Waals surface area contributed by atoms with Gasteiger partial charge in [0.15, 0.2) is 0 Å². The van der Waals surface area contributed by atoms with Crippen molar-refractivity contribution in [2.45, 2.75) is 13.0 Å². The maximum Gasteiger partial charge on any atom is 0.325 e. The quantitative estimate of drug-likeness (QED) is 0.867. The largest absolute Gasteiger partial charge is 0.480 e. The van der Waals surface area contributed by atoms with E-state index >= 15 is 0 Å². The Kier molecular flexibility index (Phi) is 2.88. The van der Waals surface area contributed by atoms with Crippen LogP contribution in [0.5, 0.6) is 0 Å². The molecule has 0 saturated carbocycles. The van der Waals surface area contributed by atoms with E-state index in [4.69, 9.17) is 22.4 Å². The summed E-state index contributed by atoms with van der Waals surface area (Å²) in [5, 5.41) is 10.4. The lowest BCUT2D eigenvalue weighted by molar-refractivity contribution is -0.138. The summed E-state index contributed by atoms with van der Waals surface area (Å²) in [6, 6.07) is 4.44. The number of hydrogen-bond acceptors (Lipinski definition) is 3. The second kappa shape index (κ2) is 4.05. The van der Waals surface area contributed by atoms with E-state index in [1.807, 2.05) is 13.0 Å². The maximum atomic E-state index is 10.9. The van der Waals surface area contributed by atoms with Crippen LogP contribution in [0.15, 0.2) is 18.2 Å². The highest BCUT2D eigenvalue weighted by Gasteiger charge is 2.21. The summed E-state index contributed by atoms with van der Waals surface area (Å²) in [5.74, 6) is -1.03. The molecule has 1 atom stereocenters. The summed E-state index contributed by atoms with van der Waals surface area (Å²) in [4.78, 5) is 11.8. The van der Waals surface area contributed by atoms with Crippen LogP contribution < -0.4 is 5.73 Å². The average molecular weight is 256 g/mol. The van der Waals surface area contributed by atoms with Gasteiger partial charge in [0.25, 0.3) is 0 Å². The lowest BCUT2D eigenvalue weighted by atomic mass is 10.0. The minimum absolute atomic E-state index is 0.587. The molecule has 0 radical (unpaired) electrons. The number of fused-ring (bicyclic) bond motifs is 1. The van der Waals surface area contributed by atoms with Crippen molar-refractivity contribution in [3.8, 4) is 0 Å². The van der Waals surface area contributed by atoms with E-state index < -0.39 is 12.0 Å². The van der Waals surface area contributed by atoms with Crippen molar-refractivity contribution in [3.63, 3.8) is 0 Å². The molecule has 0 aliphatic rings. The van der Waals surface area contributed by atoms with Gasteiger partial charge < -0.3 is 10.8 Å². The SMILES string of the molecule is Cc1sc2ccc(Cl)cc2c1C(N)C(=O)O. The first-order valence-electron chi connectivity index (χ1n) is 4.67. The molecule has 0 bridgehead atoms. The van der Waals surface area contributed by atoms with Gasteiger partial charge in [-0.1, -0.05) is 11.6 Å². The van der Waals surface area contributed by atoms with Gasteiger partial charge in [-0.3, -0.25) is 4.79 Å². The molecule has 84 valence electrons. The predicted molar refractivity (Wildman–Crippen MR) is 66.1 cm³/mol. The van der Waals surface area contributed by atoms with E-state index in [9.17, 15) is 4.79 Å². The number of aliphatic carboxylic acids is 1. The molecule has 3 N–H and O–H groups in total. The van der Waals surface area contributed by atoms with Crippen molar-refractivity contribution in [2.75, 3.05) is 0 Å². The van der Waals surface area contributed by atoms with Gasteiger partial charge in [0, 0.05) is 20.2 Å². The number of nitrogens with two attached hydrogens (primary N) is 1. The standard InChI is InChI=1S/C11H10ClNO2S/c1-5-9(10(13)11(14)15)7-4-6(12)2-3-8(7)16-5/h2-4,10H,13H2,1H3,(H,14,15). The molecular weight excluding hydrogens is 246 g/mol. The van der Waals surface area contributed by atoms with E-state index in [2.05, 4.69) is 0 Å². The molecule has 5 heteroatoms. The molecule has 2 aromatic rings. The van der Waals surface area contributed by atoms with E-state index in [0.717, 1.165) is 15.0 Å². The number of carboxylic acids is 1. The van der Waals surface area contributed by atoms with Gasteiger partial charge >= 0.3 is 5.97 Å². The molecule has 0 saturated heterocycles. The third kappa shape index (κ3) is 1.80. The van der Waals surface area contributed by atoms with Gasteiger partial charge in [-0.05, 0) is 30.5 Å². The smallest absolute Gasteiger partial charge is 0.325 e. The van der Waals surface area contributed by atoms with Gasteiger partial charge in [-0.25, -0.2) is 0 Å². The second-order valence-electron chi connectivity index (χ2n) is 3.53. The van der Waals surface area contributed by atoms with Crippen molar-refractivity contribution >= 4 is 39.0 Å². The molecule has 0 spiro atoms. The Balaban J connectivity index is 2.72. The molecule has 16 heavy (non-hydrogen) atoms. The topological polar surface area (TPSA) is 63.3 Å². The highest BCUT2D eigenvalue weighted by molar-refractivity contribution is 7.19. The van der Waals surface area contributed by atoms with Crippen molar-refractivity contribution in [1.82, 2.24) is 0 Å². The van der Waals surface area contributed by atoms with Crippen molar-refractivity contribution in [1.29, 1.82) is 0 Å². The molecule has 0 amide bonds. The normalized spacial score (nSPS) is 12.9. The van der Waals surface area contributed by atoms with Gasteiger partial charge in [-0.2, -0.15) is 0 Å². The summed E-state index contributed by atoms with van der Waals surface area (Å²) >= 11 is 7.43. The Bertz CT molecular complexity index is 564. The molecule has 1 aromatic carbocycles. The van der Waals surface area contributed by atoms with E-state index in [1.165, 1.54) is 11.3 Å². The zero-order valence-corrected chi connectivity index (χ0v) is 10.1. The van der Waals surface area contributed by atoms with E-state index in [0.29, 0.717) is 10.6 Å². The summed E-state index contributed by atoms with van der Waals surface area (Å²) < 4.78 is 1.01. The minimum atomic E-state index is -1.03. The second-order valence-corrected chi connectivity index (χ2v) is 5.22. The Morgan fingerprint density at radius 2 is 2.25 bits per heavy atom. The number of rotatable bonds is 2. The number of hydrogen-bond donors (Lipinski definition) is 2. The van der Waals surface area contributed by atoms with Crippen LogP contribution in [0.2, 0.25) is 5.02 Å². The highest BCUT2D eigenvalue weighted by atomic mass is 35.5. The lowest BCUT2D eigenvalue weighted by Gasteiger charge is -2.06. The third-order valence-corrected chi connectivity index (χ3v) is 3.79. The molecule has 1 heterocycles. The molecule has 2 rings (SSSR count). The Hall–Kier alpha value is -1.10. The minimum Gasteiger partial charge on any atom is -0.480 e. The summed E-state index contributed by atoms with van der Waals surface area (Å²) in [6.45, 7) is 1.87. The van der Waals surface area contributed by atoms with Crippen LogP contribution in [0.4, 0.5) is 0 Å². The fourth-order valence-corrected chi connectivity index (χ4v) is 2.99. The van der Waals surface area contributed by atoms with Crippen LogP contribution in [0.3, 0.4) is 0 Å². The summed E-state index contributed by atoms with van der Waals surface area (Å²) in [5.41, 5.74) is 6.33. The number of carbonyl (C=O) groups is 1. The molecule has 3 nitrogen and oxygen atoms in total. The highest BCUT2D eigenvalue weighted by Crippen LogP contribution is 2.35. The van der Waals surface area contributed by atoms with E-state index in [-0.39, 0.29) is 0 Å². The van der Waals surface area contributed by atoms with Gasteiger partial charge in [0.2, 0.25) is 0 Å². The number of halogens is 1. The maximum absolute atomic E-state index is 10.9. The predicted octanol–water partition coefficient (Wildman–Crippen LogP) is 2.95. The molecule has 0 aliphatic heterocycles. The number of benzene rings is 1. The molecule has 1 aromatic heterocycles. The van der Waals surface area contributed by atoms with Crippen LogP contribution in [0.25, 0.3) is 10.1 Å². The number of aryl methyl sites for hydroxylation is 1. The molecule has 0 aliphatic carbocycles. The first-order valence-corrected chi connectivity index (χ1v) is 5.87. The van der Waals surface area contributed by atoms with Crippen LogP contribution >= 0.6 is 22.9 Å². The van der Waals surface area contributed by atoms with Gasteiger partial charge in [0.1, 0.15) is 6.04 Å². The molecular formula is C11H10ClNO2S. The Labute approximate surface area is 101 Å². The van der Waals surface area contributed by atoms with Crippen LogP contribution in [-0.2, 0) is 4.79 Å². The van der Waals surface area contributed by atoms with E-state index in [1.54, 1.807) is 12.1 Å². The zero-order valence-electron chi connectivity index (χ0n) is 8.53. The summed E-state index contributed by atoms with van der Waals surface area (Å²) in [7, 11) is 0. The average Bonchev–Trinajstić information content (AvgIpc) is 2.52. The Morgan fingerprint density at radius 3 is 2.88 bits per heavy atom. The third-order valence-electron chi connectivity index (χ3n) is 2.45. The zero-order chi connectivity index (χ0) is 11.9. The molecule has 1 unspecified atom stereocenters. The first kappa shape index (κ1) is 11.4. The molecule has 0 fully saturated rings. The van der Waals surface area contributed by atoms with Crippen LogP contribution in [0, 0.1) is 6.92 Å². The number of thiophene rings is 1. The van der Waals surface area contributed by atoms with Gasteiger partial charge in [0.05, 0.1) is 0 Å². The van der Waals surface area contributed by atoms with Crippen molar-refractivity contribution < 1.29 is 9.90 Å². The van der Waals surface area contributed by atoms with Crippen LogP contribution in [-0.4, -0.2) is 11.1 Å². The van der Waals surface area contributed by atoms with Crippen molar-refractivity contribution in [3.05, 3.63) is 33.7 Å². The fraction of sp³-hybridized carbons (Fsp3) is 0.182. The van der Waals surface area contributed by atoms with Crippen LogP contribution in [0.1, 0.15) is 16.5 Å². The monoisotopic (exact) mass is 255 g/mol. The number of carboxylic acid groups (broad SMARTS) is 1. The van der Waals surface area contributed by atoms with Gasteiger partial charge in [-0.15, -0.1) is 11.3 Å².